The van der Waals surface area contributed by atoms with Gasteiger partial charge in [-0.1, -0.05) is 6.92 Å². The molecule has 1 aromatic rings. The van der Waals surface area contributed by atoms with Crippen LogP contribution < -0.4 is 0 Å². The summed E-state index contributed by atoms with van der Waals surface area (Å²) in [6, 6.07) is 1.72. The number of sulfone groups is 1. The van der Waals surface area contributed by atoms with Gasteiger partial charge in [0, 0.05) is 18.2 Å². The van der Waals surface area contributed by atoms with Gasteiger partial charge < -0.3 is 0 Å². The summed E-state index contributed by atoms with van der Waals surface area (Å²) < 4.78 is 22.0. The standard InChI is InChI=1S/C12H18N2O3S/c1-4-11-10(8-9(2)13-14-11)12(15)6-5-7-18(3,16)17/h8H,4-7H2,1-3H3. The number of carbonyl (C=O) groups is 1. The van der Waals surface area contributed by atoms with E-state index in [-0.39, 0.29) is 18.0 Å². The summed E-state index contributed by atoms with van der Waals surface area (Å²) >= 11 is 0. The Kier molecular flexibility index (Phi) is 4.95. The van der Waals surface area contributed by atoms with Crippen LogP contribution in [0.5, 0.6) is 0 Å². The second kappa shape index (κ2) is 6.04. The van der Waals surface area contributed by atoms with Crippen LogP contribution in [0.3, 0.4) is 0 Å². The minimum absolute atomic E-state index is 0.0394. The molecule has 1 aromatic heterocycles. The van der Waals surface area contributed by atoms with E-state index in [4.69, 9.17) is 0 Å². The average molecular weight is 270 g/mol. The smallest absolute Gasteiger partial charge is 0.164 e. The molecular formula is C12H18N2O3S. The lowest BCUT2D eigenvalue weighted by Gasteiger charge is -2.06. The quantitative estimate of drug-likeness (QED) is 0.729. The van der Waals surface area contributed by atoms with Crippen LogP contribution in [0, 0.1) is 6.92 Å². The Morgan fingerprint density at radius 3 is 2.56 bits per heavy atom. The van der Waals surface area contributed by atoms with Crippen LogP contribution in [-0.2, 0) is 16.3 Å². The van der Waals surface area contributed by atoms with Crippen LogP contribution in [0.2, 0.25) is 0 Å². The van der Waals surface area contributed by atoms with E-state index in [1.807, 2.05) is 6.92 Å². The van der Waals surface area contributed by atoms with E-state index in [1.165, 1.54) is 6.26 Å². The molecule has 0 fully saturated rings. The first-order chi connectivity index (χ1) is 8.33. The molecule has 1 rings (SSSR count). The Hall–Kier alpha value is -1.30. The highest BCUT2D eigenvalue weighted by Crippen LogP contribution is 2.12. The first kappa shape index (κ1) is 14.8. The third-order valence-electron chi connectivity index (χ3n) is 2.55. The molecule has 0 amide bonds. The number of nitrogens with zero attached hydrogens (tertiary/aromatic N) is 2. The summed E-state index contributed by atoms with van der Waals surface area (Å²) in [6.07, 6.45) is 2.39. The van der Waals surface area contributed by atoms with Gasteiger partial charge >= 0.3 is 0 Å². The molecule has 0 aliphatic rings. The third-order valence-corrected chi connectivity index (χ3v) is 3.58. The summed E-state index contributed by atoms with van der Waals surface area (Å²) in [5, 5.41) is 7.90. The molecule has 0 N–H and O–H groups in total. The number of hydrogen-bond acceptors (Lipinski definition) is 5. The van der Waals surface area contributed by atoms with Crippen LogP contribution in [0.4, 0.5) is 0 Å². The first-order valence-corrected chi connectivity index (χ1v) is 7.93. The molecule has 0 unspecified atom stereocenters. The van der Waals surface area contributed by atoms with Crippen molar-refractivity contribution < 1.29 is 13.2 Å². The van der Waals surface area contributed by atoms with Crippen molar-refractivity contribution >= 4 is 15.6 Å². The second-order valence-corrected chi connectivity index (χ2v) is 6.62. The predicted octanol–water partition coefficient (Wildman–Crippen LogP) is 1.35. The molecule has 0 aliphatic heterocycles. The van der Waals surface area contributed by atoms with Crippen molar-refractivity contribution in [2.45, 2.75) is 33.1 Å². The predicted molar refractivity (Wildman–Crippen MR) is 69.4 cm³/mol. The number of carbonyl (C=O) groups excluding carboxylic acids is 1. The number of aromatic nitrogens is 2. The lowest BCUT2D eigenvalue weighted by Crippen LogP contribution is -2.10. The number of Topliss-reactive ketones (excluding diaryl/α,β-unsaturated/α-hetero) is 1. The first-order valence-electron chi connectivity index (χ1n) is 5.87. The van der Waals surface area contributed by atoms with Gasteiger partial charge in [0.25, 0.3) is 0 Å². The summed E-state index contributed by atoms with van der Waals surface area (Å²) in [4.78, 5) is 12.0. The van der Waals surface area contributed by atoms with E-state index < -0.39 is 9.84 Å². The maximum Gasteiger partial charge on any atom is 0.164 e. The molecule has 0 aliphatic carbocycles. The fraction of sp³-hybridized carbons (Fsp3) is 0.583. The summed E-state index contributed by atoms with van der Waals surface area (Å²) in [7, 11) is -3.01. The minimum Gasteiger partial charge on any atom is -0.294 e. The fourth-order valence-electron chi connectivity index (χ4n) is 1.65. The Labute approximate surface area is 108 Å². The number of ketones is 1. The molecule has 5 nitrogen and oxygen atoms in total. The van der Waals surface area contributed by atoms with Crippen molar-refractivity contribution in [3.05, 3.63) is 23.0 Å². The molecule has 0 saturated carbocycles. The van der Waals surface area contributed by atoms with Crippen molar-refractivity contribution in [1.82, 2.24) is 10.2 Å². The average Bonchev–Trinajstić information content (AvgIpc) is 2.27. The highest BCUT2D eigenvalue weighted by atomic mass is 32.2. The molecule has 0 spiro atoms. The van der Waals surface area contributed by atoms with E-state index in [1.54, 1.807) is 13.0 Å². The maximum absolute atomic E-state index is 12.0. The van der Waals surface area contributed by atoms with Gasteiger partial charge in [-0.25, -0.2) is 8.42 Å². The maximum atomic E-state index is 12.0. The van der Waals surface area contributed by atoms with Gasteiger partial charge in [0.1, 0.15) is 9.84 Å². The zero-order valence-electron chi connectivity index (χ0n) is 10.9. The monoisotopic (exact) mass is 270 g/mol. The zero-order valence-corrected chi connectivity index (χ0v) is 11.7. The third kappa shape index (κ3) is 4.52. The van der Waals surface area contributed by atoms with Crippen molar-refractivity contribution in [2.24, 2.45) is 0 Å². The Morgan fingerprint density at radius 1 is 1.33 bits per heavy atom. The van der Waals surface area contributed by atoms with Crippen molar-refractivity contribution in [3.63, 3.8) is 0 Å². The minimum atomic E-state index is -3.01. The molecule has 0 atom stereocenters. The van der Waals surface area contributed by atoms with Crippen molar-refractivity contribution in [2.75, 3.05) is 12.0 Å². The van der Waals surface area contributed by atoms with E-state index >= 15 is 0 Å². The Balaban J connectivity index is 2.75. The van der Waals surface area contributed by atoms with Crippen LogP contribution >= 0.6 is 0 Å². The van der Waals surface area contributed by atoms with Crippen LogP contribution in [0.1, 0.15) is 41.5 Å². The molecular weight excluding hydrogens is 252 g/mol. The van der Waals surface area contributed by atoms with Crippen LogP contribution in [-0.4, -0.2) is 36.4 Å². The van der Waals surface area contributed by atoms with Crippen LogP contribution in [0.15, 0.2) is 6.07 Å². The van der Waals surface area contributed by atoms with E-state index in [2.05, 4.69) is 10.2 Å². The largest absolute Gasteiger partial charge is 0.294 e. The lowest BCUT2D eigenvalue weighted by atomic mass is 10.0. The lowest BCUT2D eigenvalue weighted by molar-refractivity contribution is 0.0980. The second-order valence-electron chi connectivity index (χ2n) is 4.36. The molecule has 0 radical (unpaired) electrons. The van der Waals surface area contributed by atoms with Gasteiger partial charge in [0.05, 0.1) is 17.1 Å². The molecule has 18 heavy (non-hydrogen) atoms. The topological polar surface area (TPSA) is 77.0 Å². The Bertz CT molecular complexity index is 538. The molecule has 100 valence electrons. The van der Waals surface area contributed by atoms with E-state index in [0.29, 0.717) is 29.8 Å². The molecule has 6 heteroatoms. The van der Waals surface area contributed by atoms with Crippen LogP contribution in [0.25, 0.3) is 0 Å². The highest BCUT2D eigenvalue weighted by molar-refractivity contribution is 7.90. The Morgan fingerprint density at radius 2 is 2.00 bits per heavy atom. The van der Waals surface area contributed by atoms with Gasteiger partial charge in [0.15, 0.2) is 5.78 Å². The van der Waals surface area contributed by atoms with Crippen molar-refractivity contribution in [3.8, 4) is 0 Å². The number of rotatable bonds is 6. The number of hydrogen-bond donors (Lipinski definition) is 0. The fourth-order valence-corrected chi connectivity index (χ4v) is 2.32. The van der Waals surface area contributed by atoms with Gasteiger partial charge in [-0.2, -0.15) is 10.2 Å². The highest BCUT2D eigenvalue weighted by Gasteiger charge is 2.13. The molecule has 0 saturated heterocycles. The summed E-state index contributed by atoms with van der Waals surface area (Å²) in [5.41, 5.74) is 1.93. The van der Waals surface area contributed by atoms with E-state index in [9.17, 15) is 13.2 Å². The van der Waals surface area contributed by atoms with Crippen molar-refractivity contribution in [1.29, 1.82) is 0 Å². The van der Waals surface area contributed by atoms with Gasteiger partial charge in [-0.3, -0.25) is 4.79 Å². The molecule has 0 bridgehead atoms. The van der Waals surface area contributed by atoms with Gasteiger partial charge in [-0.15, -0.1) is 0 Å². The molecule has 1 heterocycles. The SMILES string of the molecule is CCc1nnc(C)cc1C(=O)CCCS(C)(=O)=O. The normalized spacial score (nSPS) is 11.5. The van der Waals surface area contributed by atoms with Gasteiger partial charge in [0.2, 0.25) is 0 Å². The summed E-state index contributed by atoms with van der Waals surface area (Å²) in [5.74, 6) is -0.0222. The van der Waals surface area contributed by atoms with E-state index in [0.717, 1.165) is 0 Å². The molecule has 0 aromatic carbocycles. The zero-order chi connectivity index (χ0) is 13.8. The summed E-state index contributed by atoms with van der Waals surface area (Å²) in [6.45, 7) is 3.69. The number of aryl methyl sites for hydroxylation is 2. The van der Waals surface area contributed by atoms with Gasteiger partial charge in [-0.05, 0) is 25.8 Å².